The number of para-hydroxylation sites is 1. The second-order valence-electron chi connectivity index (χ2n) is 8.00. The van der Waals surface area contributed by atoms with E-state index in [9.17, 15) is 5.26 Å². The third kappa shape index (κ3) is 2.62. The molecule has 0 aliphatic heterocycles. The standard InChI is InChI=1S/C28H15N3S2/c29-16-30-26-21-9-5-4-8-19(21)20-11-10-17(14-22(20)26)25-15-24-28(33-25)27-23(12-13-32-27)31(24)18-6-2-1-3-7-18/h1-15H. The van der Waals surface area contributed by atoms with E-state index in [1.165, 1.54) is 31.0 Å². The summed E-state index contributed by atoms with van der Waals surface area (Å²) in [4.78, 5) is 5.40. The number of hydrogen-bond donors (Lipinski definition) is 0. The van der Waals surface area contributed by atoms with Crippen LogP contribution in [0.5, 0.6) is 0 Å². The van der Waals surface area contributed by atoms with E-state index in [0.717, 1.165) is 33.5 Å². The van der Waals surface area contributed by atoms with Crippen molar-refractivity contribution in [2.45, 2.75) is 0 Å². The van der Waals surface area contributed by atoms with Crippen molar-refractivity contribution in [3.63, 3.8) is 0 Å². The minimum atomic E-state index is 0.764. The summed E-state index contributed by atoms with van der Waals surface area (Å²) < 4.78 is 4.99. The first kappa shape index (κ1) is 18.6. The van der Waals surface area contributed by atoms with Crippen molar-refractivity contribution in [2.24, 2.45) is 4.99 Å². The van der Waals surface area contributed by atoms with Crippen LogP contribution in [0.4, 0.5) is 0 Å². The van der Waals surface area contributed by atoms with Crippen LogP contribution in [0.25, 0.3) is 47.7 Å². The zero-order valence-electron chi connectivity index (χ0n) is 17.3. The lowest BCUT2D eigenvalue weighted by molar-refractivity contribution is 1.18. The molecule has 7 rings (SSSR count). The molecule has 0 spiro atoms. The quantitative estimate of drug-likeness (QED) is 0.244. The molecule has 3 aromatic carbocycles. The Morgan fingerprint density at radius 3 is 2.36 bits per heavy atom. The van der Waals surface area contributed by atoms with Crippen molar-refractivity contribution in [2.75, 3.05) is 0 Å². The van der Waals surface area contributed by atoms with E-state index in [-0.39, 0.29) is 0 Å². The number of rotatable bonds is 2. The molecule has 0 radical (unpaired) electrons. The molecule has 0 atom stereocenters. The van der Waals surface area contributed by atoms with Gasteiger partial charge < -0.3 is 4.57 Å². The number of fused-ring (bicyclic) bond motifs is 6. The molecule has 3 aromatic heterocycles. The first-order valence-electron chi connectivity index (χ1n) is 10.6. The zero-order chi connectivity index (χ0) is 21.9. The summed E-state index contributed by atoms with van der Waals surface area (Å²) in [6.07, 6.45) is 2.00. The van der Waals surface area contributed by atoms with Gasteiger partial charge in [-0.3, -0.25) is 0 Å². The fraction of sp³-hybridized carbons (Fsp3) is 0. The Balaban J connectivity index is 1.44. The van der Waals surface area contributed by atoms with E-state index < -0.39 is 0 Å². The monoisotopic (exact) mass is 457 g/mol. The van der Waals surface area contributed by atoms with Crippen LogP contribution < -0.4 is 0 Å². The van der Waals surface area contributed by atoms with Gasteiger partial charge in [-0.1, -0.05) is 54.6 Å². The molecule has 6 aromatic rings. The van der Waals surface area contributed by atoms with Gasteiger partial charge in [-0.15, -0.1) is 22.7 Å². The maximum atomic E-state index is 9.31. The molecule has 154 valence electrons. The molecule has 33 heavy (non-hydrogen) atoms. The van der Waals surface area contributed by atoms with Crippen LogP contribution in [-0.4, -0.2) is 10.3 Å². The van der Waals surface area contributed by atoms with Gasteiger partial charge in [0, 0.05) is 21.7 Å². The molecule has 3 heterocycles. The van der Waals surface area contributed by atoms with Gasteiger partial charge in [0.15, 0.2) is 0 Å². The minimum absolute atomic E-state index is 0.764. The summed E-state index contributed by atoms with van der Waals surface area (Å²) >= 11 is 3.62. The Hall–Kier alpha value is -3.98. The first-order chi connectivity index (χ1) is 16.3. The number of aliphatic imine (C=N–C) groups is 1. The SMILES string of the molecule is N#CN=C1c2ccccc2-c2ccc(-c3cc4c(s3)c3sccc3n4-c3ccccc3)cc21. The van der Waals surface area contributed by atoms with Crippen LogP contribution in [0.15, 0.2) is 95.3 Å². The van der Waals surface area contributed by atoms with Crippen LogP contribution in [0.1, 0.15) is 11.1 Å². The van der Waals surface area contributed by atoms with E-state index >= 15 is 0 Å². The topological polar surface area (TPSA) is 41.1 Å². The summed E-state index contributed by atoms with van der Waals surface area (Å²) in [5.41, 5.74) is 9.91. The second-order valence-corrected chi connectivity index (χ2v) is 9.97. The Kier molecular flexibility index (Phi) is 3.95. The highest BCUT2D eigenvalue weighted by atomic mass is 32.1. The summed E-state index contributed by atoms with van der Waals surface area (Å²) in [6, 6.07) is 29.8. The van der Waals surface area contributed by atoms with Crippen LogP contribution in [0.3, 0.4) is 0 Å². The van der Waals surface area contributed by atoms with E-state index in [4.69, 9.17) is 0 Å². The predicted octanol–water partition coefficient (Wildman–Crippen LogP) is 7.87. The molecule has 0 saturated heterocycles. The summed E-state index contributed by atoms with van der Waals surface area (Å²) in [5.74, 6) is 0. The van der Waals surface area contributed by atoms with Crippen molar-refractivity contribution in [3.05, 3.63) is 101 Å². The molecule has 0 amide bonds. The van der Waals surface area contributed by atoms with Gasteiger partial charge in [-0.2, -0.15) is 10.3 Å². The molecular weight excluding hydrogens is 442 g/mol. The third-order valence-electron chi connectivity index (χ3n) is 6.25. The molecule has 0 unspecified atom stereocenters. The molecule has 5 heteroatoms. The van der Waals surface area contributed by atoms with E-state index in [0.29, 0.717) is 0 Å². The smallest absolute Gasteiger partial charge is 0.206 e. The fourth-order valence-corrected chi connectivity index (χ4v) is 7.04. The average molecular weight is 458 g/mol. The molecule has 0 N–H and O–H groups in total. The van der Waals surface area contributed by atoms with Gasteiger partial charge in [0.2, 0.25) is 6.19 Å². The van der Waals surface area contributed by atoms with E-state index in [1.807, 2.05) is 35.7 Å². The number of nitrogens with zero attached hydrogens (tertiary/aromatic N) is 3. The highest BCUT2D eigenvalue weighted by Crippen LogP contribution is 2.45. The first-order valence-corrected chi connectivity index (χ1v) is 12.3. The maximum absolute atomic E-state index is 9.31. The van der Waals surface area contributed by atoms with Crippen molar-refractivity contribution in [1.82, 2.24) is 4.57 Å². The second kappa shape index (κ2) is 7.01. The Morgan fingerprint density at radius 1 is 0.727 bits per heavy atom. The third-order valence-corrected chi connectivity index (χ3v) is 8.49. The number of thiophene rings is 2. The summed E-state index contributed by atoms with van der Waals surface area (Å²) in [5, 5.41) is 11.5. The van der Waals surface area contributed by atoms with Gasteiger partial charge in [-0.05, 0) is 52.4 Å². The predicted molar refractivity (Wildman–Crippen MR) is 139 cm³/mol. The highest BCUT2D eigenvalue weighted by Gasteiger charge is 2.25. The Bertz CT molecular complexity index is 1770. The van der Waals surface area contributed by atoms with Crippen molar-refractivity contribution >= 4 is 48.8 Å². The number of benzene rings is 3. The van der Waals surface area contributed by atoms with Crippen molar-refractivity contribution < 1.29 is 0 Å². The van der Waals surface area contributed by atoms with Gasteiger partial charge >= 0.3 is 0 Å². The maximum Gasteiger partial charge on any atom is 0.206 e. The lowest BCUT2D eigenvalue weighted by Crippen LogP contribution is -1.97. The van der Waals surface area contributed by atoms with Crippen molar-refractivity contribution in [1.29, 1.82) is 5.26 Å². The van der Waals surface area contributed by atoms with Crippen molar-refractivity contribution in [3.8, 4) is 33.4 Å². The van der Waals surface area contributed by atoms with Crippen LogP contribution >= 0.6 is 22.7 Å². The number of nitriles is 1. The number of hydrogen-bond acceptors (Lipinski definition) is 4. The van der Waals surface area contributed by atoms with Gasteiger partial charge in [-0.25, -0.2) is 0 Å². The highest BCUT2D eigenvalue weighted by molar-refractivity contribution is 7.28. The van der Waals surface area contributed by atoms with Gasteiger partial charge in [0.25, 0.3) is 0 Å². The minimum Gasteiger partial charge on any atom is -0.307 e. The lowest BCUT2D eigenvalue weighted by Gasteiger charge is -2.06. The average Bonchev–Trinajstić information content (AvgIpc) is 3.61. The zero-order valence-corrected chi connectivity index (χ0v) is 19.0. The van der Waals surface area contributed by atoms with Crippen LogP contribution in [-0.2, 0) is 0 Å². The molecule has 0 saturated carbocycles. The Labute approximate surface area is 198 Å². The summed E-state index contributed by atoms with van der Waals surface area (Å²) in [7, 11) is 0. The van der Waals surface area contributed by atoms with Crippen LogP contribution in [0, 0.1) is 11.5 Å². The fourth-order valence-electron chi connectivity index (χ4n) is 4.85. The molecule has 0 fully saturated rings. The lowest BCUT2D eigenvalue weighted by atomic mass is 10.0. The summed E-state index contributed by atoms with van der Waals surface area (Å²) in [6.45, 7) is 0. The Morgan fingerprint density at radius 2 is 1.52 bits per heavy atom. The van der Waals surface area contributed by atoms with E-state index in [1.54, 1.807) is 11.3 Å². The van der Waals surface area contributed by atoms with Crippen LogP contribution in [0.2, 0.25) is 0 Å². The molecule has 1 aliphatic rings. The molecular formula is C28H15N3S2. The van der Waals surface area contributed by atoms with Gasteiger partial charge in [0.05, 0.1) is 26.1 Å². The van der Waals surface area contributed by atoms with Gasteiger partial charge in [0.1, 0.15) is 0 Å². The normalized spacial score (nSPS) is 13.5. The molecule has 3 nitrogen and oxygen atoms in total. The van der Waals surface area contributed by atoms with E-state index in [2.05, 4.69) is 81.7 Å². The molecule has 0 bridgehead atoms. The largest absolute Gasteiger partial charge is 0.307 e. The number of aromatic nitrogens is 1. The molecule has 1 aliphatic carbocycles.